The lowest BCUT2D eigenvalue weighted by atomic mass is 9.94. The van der Waals surface area contributed by atoms with Gasteiger partial charge in [-0.05, 0) is 54.8 Å². The molecule has 0 radical (unpaired) electrons. The van der Waals surface area contributed by atoms with Crippen molar-refractivity contribution in [3.8, 4) is 11.5 Å². The van der Waals surface area contributed by atoms with Crippen molar-refractivity contribution >= 4 is 5.91 Å². The van der Waals surface area contributed by atoms with Gasteiger partial charge in [-0.3, -0.25) is 4.79 Å². The van der Waals surface area contributed by atoms with E-state index in [4.69, 9.17) is 4.74 Å². The SMILES string of the molecule is O=C(c1ccccc1Oc1ccccc1)N1CCCCC(c2ccc(F)cc2)C1. The van der Waals surface area contributed by atoms with Crippen molar-refractivity contribution in [3.05, 3.63) is 95.8 Å². The second-order valence-corrected chi connectivity index (χ2v) is 7.41. The van der Waals surface area contributed by atoms with Crippen LogP contribution >= 0.6 is 0 Å². The molecule has 0 aromatic heterocycles. The van der Waals surface area contributed by atoms with Crippen molar-refractivity contribution in [2.45, 2.75) is 25.2 Å². The summed E-state index contributed by atoms with van der Waals surface area (Å²) in [6, 6.07) is 23.5. The molecule has 148 valence electrons. The summed E-state index contributed by atoms with van der Waals surface area (Å²) in [7, 11) is 0. The summed E-state index contributed by atoms with van der Waals surface area (Å²) in [6.07, 6.45) is 3.01. The van der Waals surface area contributed by atoms with Crippen molar-refractivity contribution in [3.63, 3.8) is 0 Å². The molecule has 29 heavy (non-hydrogen) atoms. The van der Waals surface area contributed by atoms with E-state index in [-0.39, 0.29) is 17.6 Å². The van der Waals surface area contributed by atoms with Gasteiger partial charge in [-0.1, -0.05) is 48.9 Å². The predicted octanol–water partition coefficient (Wildman–Crippen LogP) is 6.03. The van der Waals surface area contributed by atoms with E-state index < -0.39 is 0 Å². The maximum Gasteiger partial charge on any atom is 0.257 e. The Balaban J connectivity index is 1.56. The quantitative estimate of drug-likeness (QED) is 0.545. The molecule has 3 aromatic rings. The minimum absolute atomic E-state index is 0.0226. The molecule has 1 fully saturated rings. The fourth-order valence-electron chi connectivity index (χ4n) is 3.85. The van der Waals surface area contributed by atoms with Crippen LogP contribution in [0.25, 0.3) is 0 Å². The van der Waals surface area contributed by atoms with Crippen LogP contribution in [0.2, 0.25) is 0 Å². The summed E-state index contributed by atoms with van der Waals surface area (Å²) in [5.41, 5.74) is 1.65. The van der Waals surface area contributed by atoms with Crippen LogP contribution in [-0.2, 0) is 0 Å². The Hall–Kier alpha value is -3.14. The van der Waals surface area contributed by atoms with E-state index in [1.807, 2.05) is 71.6 Å². The number of ether oxygens (including phenoxy) is 1. The lowest BCUT2D eigenvalue weighted by Crippen LogP contribution is -2.34. The highest BCUT2D eigenvalue weighted by molar-refractivity contribution is 5.97. The zero-order valence-electron chi connectivity index (χ0n) is 16.3. The van der Waals surface area contributed by atoms with Gasteiger partial charge < -0.3 is 9.64 Å². The standard InChI is InChI=1S/C25H24FNO2/c26-21-15-13-19(14-16-21)20-8-6-7-17-27(18-20)25(28)23-11-4-5-12-24(23)29-22-9-2-1-3-10-22/h1-5,9-16,20H,6-8,17-18H2. The molecule has 1 amide bonds. The highest BCUT2D eigenvalue weighted by atomic mass is 19.1. The van der Waals surface area contributed by atoms with Crippen LogP contribution in [0.1, 0.15) is 41.1 Å². The van der Waals surface area contributed by atoms with Gasteiger partial charge in [0.05, 0.1) is 5.56 Å². The van der Waals surface area contributed by atoms with Crippen LogP contribution in [0.15, 0.2) is 78.9 Å². The molecule has 0 aliphatic carbocycles. The van der Waals surface area contributed by atoms with Gasteiger partial charge in [0.15, 0.2) is 0 Å². The summed E-state index contributed by atoms with van der Waals surface area (Å²) >= 11 is 0. The molecule has 0 saturated carbocycles. The van der Waals surface area contributed by atoms with Gasteiger partial charge in [0, 0.05) is 19.0 Å². The van der Waals surface area contributed by atoms with Crippen LogP contribution in [0.4, 0.5) is 4.39 Å². The number of hydrogen-bond acceptors (Lipinski definition) is 2. The molecule has 4 rings (SSSR count). The van der Waals surface area contributed by atoms with Gasteiger partial charge in [-0.25, -0.2) is 4.39 Å². The number of para-hydroxylation sites is 2. The third kappa shape index (κ3) is 4.65. The van der Waals surface area contributed by atoms with E-state index >= 15 is 0 Å². The normalized spacial score (nSPS) is 16.9. The van der Waals surface area contributed by atoms with E-state index in [0.29, 0.717) is 23.6 Å². The smallest absolute Gasteiger partial charge is 0.257 e. The number of likely N-dealkylation sites (tertiary alicyclic amines) is 1. The van der Waals surface area contributed by atoms with Crippen molar-refractivity contribution in [1.29, 1.82) is 0 Å². The van der Waals surface area contributed by atoms with Crippen LogP contribution in [0.5, 0.6) is 11.5 Å². The monoisotopic (exact) mass is 389 g/mol. The largest absolute Gasteiger partial charge is 0.457 e. The highest BCUT2D eigenvalue weighted by Crippen LogP contribution is 2.30. The van der Waals surface area contributed by atoms with Gasteiger partial charge in [0.1, 0.15) is 17.3 Å². The second kappa shape index (κ2) is 8.91. The van der Waals surface area contributed by atoms with Crippen LogP contribution in [0, 0.1) is 5.82 Å². The van der Waals surface area contributed by atoms with Crippen molar-refractivity contribution in [2.24, 2.45) is 0 Å². The van der Waals surface area contributed by atoms with E-state index in [1.165, 1.54) is 12.1 Å². The minimum Gasteiger partial charge on any atom is -0.457 e. The number of halogens is 1. The molecule has 4 heteroatoms. The van der Waals surface area contributed by atoms with E-state index in [0.717, 1.165) is 31.4 Å². The Bertz CT molecular complexity index is 956. The molecule has 1 aliphatic heterocycles. The summed E-state index contributed by atoms with van der Waals surface area (Å²) in [5, 5.41) is 0. The van der Waals surface area contributed by atoms with Gasteiger partial charge in [-0.15, -0.1) is 0 Å². The topological polar surface area (TPSA) is 29.5 Å². The lowest BCUT2D eigenvalue weighted by molar-refractivity contribution is 0.0752. The molecule has 0 bridgehead atoms. The highest BCUT2D eigenvalue weighted by Gasteiger charge is 2.26. The van der Waals surface area contributed by atoms with Crippen molar-refractivity contribution in [2.75, 3.05) is 13.1 Å². The van der Waals surface area contributed by atoms with Crippen molar-refractivity contribution < 1.29 is 13.9 Å². The summed E-state index contributed by atoms with van der Waals surface area (Å²) in [5.74, 6) is 1.22. The molecular formula is C25H24FNO2. The number of hydrogen-bond donors (Lipinski definition) is 0. The molecular weight excluding hydrogens is 365 g/mol. The molecule has 1 unspecified atom stereocenters. The van der Waals surface area contributed by atoms with E-state index in [9.17, 15) is 9.18 Å². The fraction of sp³-hybridized carbons (Fsp3) is 0.240. The molecule has 3 nitrogen and oxygen atoms in total. The number of carbonyl (C=O) groups excluding carboxylic acids is 1. The van der Waals surface area contributed by atoms with Gasteiger partial charge >= 0.3 is 0 Å². The Morgan fingerprint density at radius 1 is 0.897 bits per heavy atom. The van der Waals surface area contributed by atoms with Crippen LogP contribution in [0.3, 0.4) is 0 Å². The third-order valence-corrected chi connectivity index (χ3v) is 5.39. The first-order valence-corrected chi connectivity index (χ1v) is 10.1. The first-order valence-electron chi connectivity index (χ1n) is 10.1. The fourth-order valence-corrected chi connectivity index (χ4v) is 3.85. The average Bonchev–Trinajstić information content (AvgIpc) is 3.01. The molecule has 0 spiro atoms. The zero-order chi connectivity index (χ0) is 20.1. The number of nitrogens with zero attached hydrogens (tertiary/aromatic N) is 1. The second-order valence-electron chi connectivity index (χ2n) is 7.41. The van der Waals surface area contributed by atoms with E-state index in [2.05, 4.69) is 0 Å². The molecule has 1 aliphatic rings. The zero-order valence-corrected chi connectivity index (χ0v) is 16.3. The molecule has 0 N–H and O–H groups in total. The predicted molar refractivity (Wildman–Crippen MR) is 112 cm³/mol. The average molecular weight is 389 g/mol. The van der Waals surface area contributed by atoms with Gasteiger partial charge in [-0.2, -0.15) is 0 Å². The van der Waals surface area contributed by atoms with E-state index in [1.54, 1.807) is 0 Å². The third-order valence-electron chi connectivity index (χ3n) is 5.39. The molecule has 1 atom stereocenters. The minimum atomic E-state index is -0.234. The Kier molecular flexibility index (Phi) is 5.89. The summed E-state index contributed by atoms with van der Waals surface area (Å²) in [4.78, 5) is 15.3. The van der Waals surface area contributed by atoms with Crippen LogP contribution < -0.4 is 4.74 Å². The summed E-state index contributed by atoms with van der Waals surface area (Å²) in [6.45, 7) is 1.35. The number of amides is 1. The van der Waals surface area contributed by atoms with Crippen LogP contribution in [-0.4, -0.2) is 23.9 Å². The lowest BCUT2D eigenvalue weighted by Gasteiger charge is -2.25. The number of carbonyl (C=O) groups is 1. The Labute approximate surface area is 170 Å². The number of rotatable bonds is 4. The first-order chi connectivity index (χ1) is 14.2. The number of benzene rings is 3. The summed E-state index contributed by atoms with van der Waals surface area (Å²) < 4.78 is 19.3. The Morgan fingerprint density at radius 2 is 1.62 bits per heavy atom. The first kappa shape index (κ1) is 19.2. The molecule has 3 aromatic carbocycles. The van der Waals surface area contributed by atoms with Gasteiger partial charge in [0.25, 0.3) is 5.91 Å². The molecule has 1 saturated heterocycles. The maximum atomic E-state index is 13.4. The Morgan fingerprint density at radius 3 is 2.41 bits per heavy atom. The van der Waals surface area contributed by atoms with Gasteiger partial charge in [0.2, 0.25) is 0 Å². The molecule has 1 heterocycles. The maximum absolute atomic E-state index is 13.4. The van der Waals surface area contributed by atoms with Crippen molar-refractivity contribution in [1.82, 2.24) is 4.90 Å².